The highest BCUT2D eigenvalue weighted by molar-refractivity contribution is 5.99. The zero-order chi connectivity index (χ0) is 13.7. The van der Waals surface area contributed by atoms with E-state index in [4.69, 9.17) is 21.0 Å². The minimum Gasteiger partial charge on any atom is -0.394 e. The summed E-state index contributed by atoms with van der Waals surface area (Å²) in [7, 11) is 0. The van der Waals surface area contributed by atoms with Crippen molar-refractivity contribution >= 4 is 11.7 Å². The lowest BCUT2D eigenvalue weighted by atomic mass is 10.1. The van der Waals surface area contributed by atoms with Crippen molar-refractivity contribution in [2.45, 2.75) is 18.9 Å². The Morgan fingerprint density at radius 2 is 2.26 bits per heavy atom. The molecule has 4 N–H and O–H groups in total. The summed E-state index contributed by atoms with van der Waals surface area (Å²) in [5.41, 5.74) is 6.17. The second-order valence-electron chi connectivity index (χ2n) is 4.46. The first kappa shape index (κ1) is 13.7. The van der Waals surface area contributed by atoms with Crippen LogP contribution in [0.4, 0.5) is 5.82 Å². The lowest BCUT2D eigenvalue weighted by Gasteiger charge is -2.33. The fraction of sp³-hybridized carbons (Fsp3) is 0.583. The molecule has 0 radical (unpaired) electrons. The van der Waals surface area contributed by atoms with Gasteiger partial charge in [0.2, 0.25) is 0 Å². The van der Waals surface area contributed by atoms with Gasteiger partial charge in [-0.15, -0.1) is 5.10 Å². The average molecular weight is 265 g/mol. The van der Waals surface area contributed by atoms with Crippen molar-refractivity contribution in [3.63, 3.8) is 0 Å². The predicted octanol–water partition coefficient (Wildman–Crippen LogP) is -0.262. The van der Waals surface area contributed by atoms with Gasteiger partial charge in [-0.3, -0.25) is 5.41 Å². The second kappa shape index (κ2) is 6.44. The molecule has 104 valence electrons. The van der Waals surface area contributed by atoms with Crippen LogP contribution in [0.15, 0.2) is 12.3 Å². The summed E-state index contributed by atoms with van der Waals surface area (Å²) < 4.78 is 5.51. The van der Waals surface area contributed by atoms with Crippen LogP contribution in [-0.4, -0.2) is 53.5 Å². The van der Waals surface area contributed by atoms with Gasteiger partial charge in [0.25, 0.3) is 0 Å². The monoisotopic (exact) mass is 265 g/mol. The summed E-state index contributed by atoms with van der Waals surface area (Å²) in [6, 6.07) is 1.71. The number of piperidine rings is 1. The van der Waals surface area contributed by atoms with Crippen molar-refractivity contribution in [2.24, 2.45) is 5.73 Å². The molecule has 0 unspecified atom stereocenters. The SMILES string of the molecule is N=C(N)c1ccnnc1N1CCC(OCCO)CC1. The third-order valence-corrected chi connectivity index (χ3v) is 3.18. The van der Waals surface area contributed by atoms with E-state index in [9.17, 15) is 0 Å². The molecule has 2 heterocycles. The maximum absolute atomic E-state index is 8.73. The van der Waals surface area contributed by atoms with E-state index in [2.05, 4.69) is 15.1 Å². The van der Waals surface area contributed by atoms with Gasteiger partial charge >= 0.3 is 0 Å². The first-order chi connectivity index (χ1) is 9.22. The number of hydrogen-bond donors (Lipinski definition) is 3. The molecule has 19 heavy (non-hydrogen) atoms. The maximum Gasteiger partial charge on any atom is 0.162 e. The molecule has 0 saturated carbocycles. The van der Waals surface area contributed by atoms with Gasteiger partial charge in [0.05, 0.1) is 31.1 Å². The number of rotatable bonds is 5. The van der Waals surface area contributed by atoms with Gasteiger partial charge in [0, 0.05) is 13.1 Å². The van der Waals surface area contributed by atoms with Crippen LogP contribution in [0, 0.1) is 5.41 Å². The molecule has 1 aliphatic rings. The Morgan fingerprint density at radius 3 is 2.89 bits per heavy atom. The zero-order valence-corrected chi connectivity index (χ0v) is 10.7. The molecule has 1 aromatic heterocycles. The molecule has 1 aromatic rings. The number of nitrogens with zero attached hydrogens (tertiary/aromatic N) is 3. The first-order valence-electron chi connectivity index (χ1n) is 6.36. The number of aliphatic hydroxyl groups is 1. The van der Waals surface area contributed by atoms with Crippen LogP contribution in [0.2, 0.25) is 0 Å². The minimum absolute atomic E-state index is 0.00329. The van der Waals surface area contributed by atoms with E-state index in [0.29, 0.717) is 18.0 Å². The van der Waals surface area contributed by atoms with E-state index >= 15 is 0 Å². The molecule has 0 atom stereocenters. The van der Waals surface area contributed by atoms with Gasteiger partial charge in [0.1, 0.15) is 5.84 Å². The largest absolute Gasteiger partial charge is 0.394 e. The highest BCUT2D eigenvalue weighted by Gasteiger charge is 2.23. The van der Waals surface area contributed by atoms with E-state index in [1.807, 2.05) is 0 Å². The summed E-state index contributed by atoms with van der Waals surface area (Å²) in [5.74, 6) is 0.666. The Bertz CT molecular complexity index is 432. The summed E-state index contributed by atoms with van der Waals surface area (Å²) in [6.45, 7) is 2.01. The highest BCUT2D eigenvalue weighted by atomic mass is 16.5. The molecule has 0 aromatic carbocycles. The van der Waals surface area contributed by atoms with Gasteiger partial charge in [0.15, 0.2) is 5.82 Å². The number of aromatic nitrogens is 2. The van der Waals surface area contributed by atoms with Crippen molar-refractivity contribution in [3.05, 3.63) is 17.8 Å². The number of nitrogens with one attached hydrogen (secondary N) is 1. The molecule has 0 amide bonds. The summed E-state index contributed by atoms with van der Waals surface area (Å²) >= 11 is 0. The van der Waals surface area contributed by atoms with Gasteiger partial charge in [-0.05, 0) is 18.9 Å². The lowest BCUT2D eigenvalue weighted by Crippen LogP contribution is -2.39. The van der Waals surface area contributed by atoms with E-state index < -0.39 is 0 Å². The van der Waals surface area contributed by atoms with Crippen molar-refractivity contribution < 1.29 is 9.84 Å². The third kappa shape index (κ3) is 3.39. The number of amidine groups is 1. The minimum atomic E-state index is 0.00329. The van der Waals surface area contributed by atoms with E-state index in [0.717, 1.165) is 25.9 Å². The number of nitrogens with two attached hydrogens (primary N) is 1. The van der Waals surface area contributed by atoms with Crippen molar-refractivity contribution in [1.82, 2.24) is 10.2 Å². The van der Waals surface area contributed by atoms with Crippen LogP contribution in [0.25, 0.3) is 0 Å². The van der Waals surface area contributed by atoms with E-state index in [-0.39, 0.29) is 18.5 Å². The highest BCUT2D eigenvalue weighted by Crippen LogP contribution is 2.22. The van der Waals surface area contributed by atoms with Crippen molar-refractivity contribution in [2.75, 3.05) is 31.2 Å². The third-order valence-electron chi connectivity index (χ3n) is 3.18. The van der Waals surface area contributed by atoms with Crippen LogP contribution in [0.5, 0.6) is 0 Å². The quantitative estimate of drug-likeness (QED) is 0.500. The van der Waals surface area contributed by atoms with Crippen LogP contribution in [-0.2, 0) is 4.74 Å². The Hall–Kier alpha value is -1.73. The zero-order valence-electron chi connectivity index (χ0n) is 10.7. The fourth-order valence-corrected chi connectivity index (χ4v) is 2.22. The number of hydrogen-bond acceptors (Lipinski definition) is 6. The normalized spacial score (nSPS) is 16.6. The van der Waals surface area contributed by atoms with Crippen LogP contribution in [0.3, 0.4) is 0 Å². The van der Waals surface area contributed by atoms with E-state index in [1.165, 1.54) is 6.20 Å². The van der Waals surface area contributed by atoms with Gasteiger partial charge < -0.3 is 20.5 Å². The number of anilines is 1. The molecule has 7 heteroatoms. The average Bonchev–Trinajstić information content (AvgIpc) is 2.45. The number of aliphatic hydroxyl groups excluding tert-OH is 1. The smallest absolute Gasteiger partial charge is 0.162 e. The van der Waals surface area contributed by atoms with Crippen LogP contribution >= 0.6 is 0 Å². The lowest BCUT2D eigenvalue weighted by molar-refractivity contribution is 0.0158. The molecular weight excluding hydrogens is 246 g/mol. The van der Waals surface area contributed by atoms with Crippen molar-refractivity contribution in [1.29, 1.82) is 5.41 Å². The molecule has 0 aliphatic carbocycles. The van der Waals surface area contributed by atoms with Gasteiger partial charge in [-0.2, -0.15) is 5.10 Å². The van der Waals surface area contributed by atoms with Crippen LogP contribution in [0.1, 0.15) is 18.4 Å². The molecule has 0 bridgehead atoms. The number of nitrogen functional groups attached to an aromatic ring is 1. The predicted molar refractivity (Wildman–Crippen MR) is 71.3 cm³/mol. The fourth-order valence-electron chi connectivity index (χ4n) is 2.22. The van der Waals surface area contributed by atoms with Gasteiger partial charge in [-0.1, -0.05) is 0 Å². The molecule has 1 fully saturated rings. The molecular formula is C12H19N5O2. The topological polar surface area (TPSA) is 108 Å². The maximum atomic E-state index is 8.73. The first-order valence-corrected chi connectivity index (χ1v) is 6.36. The summed E-state index contributed by atoms with van der Waals surface area (Å²) in [5, 5.41) is 24.2. The Morgan fingerprint density at radius 1 is 1.53 bits per heavy atom. The van der Waals surface area contributed by atoms with Crippen LogP contribution < -0.4 is 10.6 Å². The molecule has 1 saturated heterocycles. The summed E-state index contributed by atoms with van der Waals surface area (Å²) in [6.07, 6.45) is 3.46. The number of ether oxygens (including phenoxy) is 1. The standard InChI is InChI=1S/C12H19N5O2/c13-11(14)10-1-4-15-16-12(10)17-5-2-9(3-6-17)19-8-7-18/h1,4,9,18H,2-3,5-8H2,(H3,13,14). The Kier molecular flexibility index (Phi) is 4.64. The van der Waals surface area contributed by atoms with Crippen molar-refractivity contribution in [3.8, 4) is 0 Å². The summed E-state index contributed by atoms with van der Waals surface area (Å²) in [4.78, 5) is 2.07. The molecule has 7 nitrogen and oxygen atoms in total. The van der Waals surface area contributed by atoms with Gasteiger partial charge in [-0.25, -0.2) is 0 Å². The second-order valence-corrected chi connectivity index (χ2v) is 4.46. The van der Waals surface area contributed by atoms with E-state index in [1.54, 1.807) is 6.07 Å². The Labute approximate surface area is 111 Å². The molecule has 0 spiro atoms. The Balaban J connectivity index is 2.00. The molecule has 2 rings (SSSR count). The molecule has 1 aliphatic heterocycles.